The molecule has 50 heavy (non-hydrogen) atoms. The van der Waals surface area contributed by atoms with E-state index in [9.17, 15) is 4.79 Å². The molecular formula is C45H34O5. The zero-order chi connectivity index (χ0) is 34.3. The molecule has 0 unspecified atom stereocenters. The molecule has 0 heterocycles. The van der Waals surface area contributed by atoms with Crippen LogP contribution in [0.15, 0.2) is 170 Å². The predicted molar refractivity (Wildman–Crippen MR) is 198 cm³/mol. The maximum absolute atomic E-state index is 11.5. The molecule has 0 amide bonds. The molecule has 244 valence electrons. The average molecular weight is 655 g/mol. The molecule has 0 saturated heterocycles. The highest BCUT2D eigenvalue weighted by atomic mass is 16.5. The van der Waals surface area contributed by atoms with Crippen molar-refractivity contribution in [1.29, 1.82) is 0 Å². The fourth-order valence-electron chi connectivity index (χ4n) is 5.35. The second-order valence-corrected chi connectivity index (χ2v) is 11.9. The van der Waals surface area contributed by atoms with Crippen LogP contribution in [0.5, 0.6) is 46.0 Å². The van der Waals surface area contributed by atoms with Crippen LogP contribution in [-0.2, 0) is 0 Å². The zero-order valence-electron chi connectivity index (χ0n) is 27.7. The average Bonchev–Trinajstić information content (AvgIpc) is 3.15. The SMILES string of the molecule is CC(=O)c1ccc(Oc2ccc(Oc3ccc(-c4ccc(Oc5ccc(-c6ccc(Oc7ccc(C)cc7)cc6)cc5)cc4)cc3)cc2)cc1. The molecule has 0 aliphatic rings. The van der Waals surface area contributed by atoms with Crippen LogP contribution in [0.1, 0.15) is 22.8 Å². The van der Waals surface area contributed by atoms with Gasteiger partial charge >= 0.3 is 0 Å². The van der Waals surface area contributed by atoms with Crippen LogP contribution in [0, 0.1) is 6.92 Å². The van der Waals surface area contributed by atoms with Crippen molar-refractivity contribution in [2.45, 2.75) is 13.8 Å². The summed E-state index contributed by atoms with van der Waals surface area (Å²) in [4.78, 5) is 11.5. The summed E-state index contributed by atoms with van der Waals surface area (Å²) in [5, 5.41) is 0. The summed E-state index contributed by atoms with van der Waals surface area (Å²) in [5.41, 5.74) is 6.21. The molecule has 7 aromatic carbocycles. The van der Waals surface area contributed by atoms with Gasteiger partial charge in [-0.25, -0.2) is 0 Å². The van der Waals surface area contributed by atoms with E-state index in [1.54, 1.807) is 31.2 Å². The summed E-state index contributed by atoms with van der Waals surface area (Å²) in [6.07, 6.45) is 0. The standard InChI is InChI=1S/C45H34O5/c1-31-3-15-38(16-4-31)47-40-19-7-34(8-20-40)35-9-21-41(22-10-35)48-42-23-11-36(12-24-42)37-13-25-43(26-14-37)50-45-29-27-44(28-30-45)49-39-17-5-33(6-18-39)32(2)46/h3-30H,1-2H3. The third-order valence-corrected chi connectivity index (χ3v) is 8.13. The van der Waals surface area contributed by atoms with Gasteiger partial charge in [-0.3, -0.25) is 4.79 Å². The first-order valence-electron chi connectivity index (χ1n) is 16.3. The first-order chi connectivity index (χ1) is 24.4. The van der Waals surface area contributed by atoms with Crippen molar-refractivity contribution in [3.05, 3.63) is 181 Å². The Balaban J connectivity index is 0.910. The Morgan fingerprint density at radius 3 is 0.760 bits per heavy atom. The minimum Gasteiger partial charge on any atom is -0.457 e. The van der Waals surface area contributed by atoms with Crippen LogP contribution in [-0.4, -0.2) is 5.78 Å². The van der Waals surface area contributed by atoms with E-state index in [1.807, 2.05) is 121 Å². The number of carbonyl (C=O) groups excluding carboxylic acids is 1. The number of ketones is 1. The van der Waals surface area contributed by atoms with Crippen molar-refractivity contribution in [3.8, 4) is 68.2 Å². The molecule has 0 N–H and O–H groups in total. The Bertz CT molecular complexity index is 2170. The van der Waals surface area contributed by atoms with E-state index < -0.39 is 0 Å². The summed E-state index contributed by atoms with van der Waals surface area (Å²) in [5.74, 6) is 5.96. The molecule has 0 atom stereocenters. The van der Waals surface area contributed by atoms with E-state index in [4.69, 9.17) is 18.9 Å². The fourth-order valence-corrected chi connectivity index (χ4v) is 5.35. The number of rotatable bonds is 11. The van der Waals surface area contributed by atoms with Gasteiger partial charge in [-0.15, -0.1) is 0 Å². The molecule has 0 saturated carbocycles. The highest BCUT2D eigenvalue weighted by Gasteiger charge is 2.06. The van der Waals surface area contributed by atoms with E-state index in [0.717, 1.165) is 51.0 Å². The second kappa shape index (κ2) is 14.7. The molecule has 0 aliphatic heterocycles. The zero-order valence-corrected chi connectivity index (χ0v) is 27.7. The van der Waals surface area contributed by atoms with E-state index in [1.165, 1.54) is 5.56 Å². The Morgan fingerprint density at radius 2 is 0.520 bits per heavy atom. The van der Waals surface area contributed by atoms with Gasteiger partial charge in [-0.2, -0.15) is 0 Å². The first-order valence-corrected chi connectivity index (χ1v) is 16.3. The van der Waals surface area contributed by atoms with Crippen LogP contribution in [0.25, 0.3) is 22.3 Å². The minimum atomic E-state index is 0.0249. The minimum absolute atomic E-state index is 0.0249. The van der Waals surface area contributed by atoms with Crippen LogP contribution in [0.4, 0.5) is 0 Å². The van der Waals surface area contributed by atoms with Crippen molar-refractivity contribution < 1.29 is 23.7 Å². The number of ether oxygens (including phenoxy) is 4. The molecule has 0 radical (unpaired) electrons. The Morgan fingerprint density at radius 1 is 0.320 bits per heavy atom. The Labute approximate surface area is 291 Å². The van der Waals surface area contributed by atoms with Crippen LogP contribution >= 0.6 is 0 Å². The third kappa shape index (κ3) is 8.09. The fraction of sp³-hybridized carbons (Fsp3) is 0.0444. The Hall–Kier alpha value is -6.59. The largest absolute Gasteiger partial charge is 0.457 e. The van der Waals surface area contributed by atoms with Crippen LogP contribution < -0.4 is 18.9 Å². The van der Waals surface area contributed by atoms with Crippen LogP contribution in [0.3, 0.4) is 0 Å². The lowest BCUT2D eigenvalue weighted by molar-refractivity contribution is 0.101. The molecule has 0 aliphatic carbocycles. The van der Waals surface area contributed by atoms with Gasteiger partial charge in [0.25, 0.3) is 0 Å². The second-order valence-electron chi connectivity index (χ2n) is 11.9. The summed E-state index contributed by atoms with van der Waals surface area (Å²) in [7, 11) is 0. The molecule has 0 fully saturated rings. The first kappa shape index (κ1) is 32.0. The van der Waals surface area contributed by atoms with E-state index >= 15 is 0 Å². The summed E-state index contributed by atoms with van der Waals surface area (Å²) in [6.45, 7) is 3.60. The quantitative estimate of drug-likeness (QED) is 0.130. The number of aryl methyl sites for hydroxylation is 1. The normalized spacial score (nSPS) is 10.7. The Kier molecular flexibility index (Phi) is 9.38. The van der Waals surface area contributed by atoms with E-state index in [0.29, 0.717) is 22.8 Å². The monoisotopic (exact) mass is 654 g/mol. The van der Waals surface area contributed by atoms with Crippen molar-refractivity contribution >= 4 is 5.78 Å². The molecule has 5 heteroatoms. The lowest BCUT2D eigenvalue weighted by atomic mass is 10.1. The molecule has 0 aromatic heterocycles. The van der Waals surface area contributed by atoms with Crippen molar-refractivity contribution in [3.63, 3.8) is 0 Å². The molecule has 7 rings (SSSR count). The van der Waals surface area contributed by atoms with Crippen molar-refractivity contribution in [1.82, 2.24) is 0 Å². The smallest absolute Gasteiger partial charge is 0.159 e. The molecule has 0 spiro atoms. The van der Waals surface area contributed by atoms with Gasteiger partial charge in [-0.1, -0.05) is 66.2 Å². The molecule has 7 aromatic rings. The highest BCUT2D eigenvalue weighted by Crippen LogP contribution is 2.32. The number of Topliss-reactive ketones (excluding diaryl/α,β-unsaturated/α-hetero) is 1. The van der Waals surface area contributed by atoms with Gasteiger partial charge in [-0.05, 0) is 145 Å². The maximum Gasteiger partial charge on any atom is 0.159 e. The predicted octanol–water partition coefficient (Wildman–Crippen LogP) is 12.7. The number of benzene rings is 7. The number of carbonyl (C=O) groups is 1. The number of hydrogen-bond donors (Lipinski definition) is 0. The lowest BCUT2D eigenvalue weighted by Gasteiger charge is -2.10. The summed E-state index contributed by atoms with van der Waals surface area (Å²) in [6, 6.07) is 54.7. The number of hydrogen-bond acceptors (Lipinski definition) is 5. The third-order valence-electron chi connectivity index (χ3n) is 8.13. The summed E-state index contributed by atoms with van der Waals surface area (Å²) < 4.78 is 24.0. The van der Waals surface area contributed by atoms with Gasteiger partial charge < -0.3 is 18.9 Å². The summed E-state index contributed by atoms with van der Waals surface area (Å²) >= 11 is 0. The van der Waals surface area contributed by atoms with Gasteiger partial charge in [0.1, 0.15) is 46.0 Å². The molecule has 0 bridgehead atoms. The van der Waals surface area contributed by atoms with Crippen LogP contribution in [0.2, 0.25) is 0 Å². The van der Waals surface area contributed by atoms with Crippen molar-refractivity contribution in [2.24, 2.45) is 0 Å². The van der Waals surface area contributed by atoms with Crippen molar-refractivity contribution in [2.75, 3.05) is 0 Å². The molecular weight excluding hydrogens is 620 g/mol. The topological polar surface area (TPSA) is 54.0 Å². The maximum atomic E-state index is 11.5. The van der Waals surface area contributed by atoms with E-state index in [2.05, 4.69) is 31.2 Å². The van der Waals surface area contributed by atoms with Gasteiger partial charge in [0.15, 0.2) is 5.78 Å². The van der Waals surface area contributed by atoms with Gasteiger partial charge in [0, 0.05) is 5.56 Å². The van der Waals surface area contributed by atoms with E-state index in [-0.39, 0.29) is 5.78 Å². The lowest BCUT2D eigenvalue weighted by Crippen LogP contribution is -1.91. The van der Waals surface area contributed by atoms with Gasteiger partial charge in [0.05, 0.1) is 0 Å². The van der Waals surface area contributed by atoms with Gasteiger partial charge in [0.2, 0.25) is 0 Å². The highest BCUT2D eigenvalue weighted by molar-refractivity contribution is 5.94. The molecule has 5 nitrogen and oxygen atoms in total.